The van der Waals surface area contributed by atoms with Gasteiger partial charge in [0.2, 0.25) is 0 Å². The van der Waals surface area contributed by atoms with E-state index in [2.05, 4.69) is 4.74 Å². The lowest BCUT2D eigenvalue weighted by Crippen LogP contribution is -2.19. The first-order chi connectivity index (χ1) is 7.94. The Balaban J connectivity index is 2.52. The number of alkyl halides is 3. The lowest BCUT2D eigenvalue weighted by atomic mass is 10.2. The van der Waals surface area contributed by atoms with Crippen molar-refractivity contribution in [1.82, 2.24) is 0 Å². The van der Waals surface area contributed by atoms with E-state index in [1.807, 2.05) is 0 Å². The summed E-state index contributed by atoms with van der Waals surface area (Å²) < 4.78 is 44.7. The number of rotatable bonds is 5. The Labute approximate surface area is 101 Å². The van der Waals surface area contributed by atoms with Crippen molar-refractivity contribution in [3.63, 3.8) is 0 Å². The molecule has 0 heterocycles. The molecule has 0 atom stereocenters. The van der Waals surface area contributed by atoms with Crippen LogP contribution in [-0.4, -0.2) is 19.6 Å². The molecule has 0 unspecified atom stereocenters. The summed E-state index contributed by atoms with van der Waals surface area (Å²) in [4.78, 5) is 0. The highest BCUT2D eigenvalue weighted by molar-refractivity contribution is 6.32. The zero-order chi connectivity index (χ0) is 12.9. The standard InChI is InChI=1S/C10H11ClF3NO2/c11-8-3-1-2-7(4-15)9(8)17-6-16-5-10(12,13)14/h1-3H,4-6,15H2. The van der Waals surface area contributed by atoms with E-state index in [0.717, 1.165) is 0 Å². The van der Waals surface area contributed by atoms with E-state index in [0.29, 0.717) is 5.56 Å². The Morgan fingerprint density at radius 3 is 2.59 bits per heavy atom. The fourth-order valence-electron chi connectivity index (χ4n) is 1.13. The molecule has 0 aliphatic heterocycles. The fourth-order valence-corrected chi connectivity index (χ4v) is 1.38. The Morgan fingerprint density at radius 2 is 2.00 bits per heavy atom. The van der Waals surface area contributed by atoms with Crippen LogP contribution in [0.25, 0.3) is 0 Å². The van der Waals surface area contributed by atoms with Crippen LogP contribution in [0.3, 0.4) is 0 Å². The first kappa shape index (κ1) is 14.1. The molecule has 2 N–H and O–H groups in total. The maximum Gasteiger partial charge on any atom is 0.411 e. The number of hydrogen-bond donors (Lipinski definition) is 1. The van der Waals surface area contributed by atoms with E-state index >= 15 is 0 Å². The summed E-state index contributed by atoms with van der Waals surface area (Å²) in [6.45, 7) is -1.72. The topological polar surface area (TPSA) is 44.5 Å². The maximum atomic E-state index is 11.8. The van der Waals surface area contributed by atoms with Crippen molar-refractivity contribution < 1.29 is 22.6 Å². The zero-order valence-corrected chi connectivity index (χ0v) is 9.52. The number of para-hydroxylation sites is 1. The molecule has 0 saturated carbocycles. The van der Waals surface area contributed by atoms with Gasteiger partial charge in [0, 0.05) is 12.1 Å². The van der Waals surface area contributed by atoms with Crippen molar-refractivity contribution >= 4 is 11.6 Å². The van der Waals surface area contributed by atoms with Crippen LogP contribution in [0, 0.1) is 0 Å². The predicted molar refractivity (Wildman–Crippen MR) is 56.8 cm³/mol. The summed E-state index contributed by atoms with van der Waals surface area (Å²) in [6, 6.07) is 4.90. The molecule has 0 bridgehead atoms. The van der Waals surface area contributed by atoms with Gasteiger partial charge in [0.05, 0.1) is 5.02 Å². The first-order valence-corrected chi connectivity index (χ1v) is 5.06. The highest BCUT2D eigenvalue weighted by Crippen LogP contribution is 2.28. The van der Waals surface area contributed by atoms with Gasteiger partial charge >= 0.3 is 6.18 Å². The quantitative estimate of drug-likeness (QED) is 0.660. The third kappa shape index (κ3) is 4.80. The molecule has 7 heteroatoms. The third-order valence-corrected chi connectivity index (χ3v) is 2.12. The van der Waals surface area contributed by atoms with Crippen molar-refractivity contribution in [3.05, 3.63) is 28.8 Å². The molecule has 17 heavy (non-hydrogen) atoms. The predicted octanol–water partition coefficient (Wildman–Crippen LogP) is 2.71. The number of nitrogens with two attached hydrogens (primary N) is 1. The van der Waals surface area contributed by atoms with Gasteiger partial charge < -0.3 is 15.2 Å². The SMILES string of the molecule is NCc1cccc(Cl)c1OCOCC(F)(F)F. The molecule has 0 fully saturated rings. The highest BCUT2D eigenvalue weighted by Gasteiger charge is 2.27. The van der Waals surface area contributed by atoms with Crippen LogP contribution < -0.4 is 10.5 Å². The van der Waals surface area contributed by atoms with Gasteiger partial charge in [-0.15, -0.1) is 0 Å². The number of ether oxygens (including phenoxy) is 2. The minimum Gasteiger partial charge on any atom is -0.466 e. The Hall–Kier alpha value is -0.980. The molecule has 96 valence electrons. The van der Waals surface area contributed by atoms with E-state index in [1.165, 1.54) is 0 Å². The number of benzene rings is 1. The van der Waals surface area contributed by atoms with Crippen molar-refractivity contribution in [2.45, 2.75) is 12.7 Å². The molecule has 3 nitrogen and oxygen atoms in total. The molecule has 1 rings (SSSR count). The minimum absolute atomic E-state index is 0.176. The lowest BCUT2D eigenvalue weighted by molar-refractivity contribution is -0.186. The van der Waals surface area contributed by atoms with Gasteiger partial charge in [-0.05, 0) is 6.07 Å². The molecular formula is C10H11ClF3NO2. The maximum absolute atomic E-state index is 11.8. The average molecular weight is 270 g/mol. The molecule has 1 aromatic rings. The molecule has 0 amide bonds. The van der Waals surface area contributed by atoms with E-state index < -0.39 is 19.6 Å². The van der Waals surface area contributed by atoms with Crippen LogP contribution in [0.4, 0.5) is 13.2 Å². The van der Waals surface area contributed by atoms with E-state index in [4.69, 9.17) is 22.1 Å². The smallest absolute Gasteiger partial charge is 0.411 e. The normalized spacial score (nSPS) is 11.6. The first-order valence-electron chi connectivity index (χ1n) is 4.69. The summed E-state index contributed by atoms with van der Waals surface area (Å²) in [5.74, 6) is 0.249. The summed E-state index contributed by atoms with van der Waals surface area (Å²) in [5, 5.41) is 0.281. The molecule has 1 aromatic carbocycles. The molecule has 0 aromatic heterocycles. The van der Waals surface area contributed by atoms with Crippen LogP contribution >= 0.6 is 11.6 Å². The van der Waals surface area contributed by atoms with Crippen molar-refractivity contribution in [1.29, 1.82) is 0 Å². The second-order valence-electron chi connectivity index (χ2n) is 3.16. The Bertz CT molecular complexity index is 371. The fraction of sp³-hybridized carbons (Fsp3) is 0.400. The second-order valence-corrected chi connectivity index (χ2v) is 3.57. The molecule has 0 saturated heterocycles. The van der Waals surface area contributed by atoms with E-state index in [1.54, 1.807) is 18.2 Å². The van der Waals surface area contributed by atoms with Gasteiger partial charge in [0.15, 0.2) is 6.79 Å². The van der Waals surface area contributed by atoms with Gasteiger partial charge in [0.25, 0.3) is 0 Å². The Kier molecular flexibility index (Phi) is 5.04. The lowest BCUT2D eigenvalue weighted by Gasteiger charge is -2.13. The summed E-state index contributed by atoms with van der Waals surface area (Å²) in [7, 11) is 0. The van der Waals surface area contributed by atoms with E-state index in [-0.39, 0.29) is 17.3 Å². The average Bonchev–Trinajstić information content (AvgIpc) is 2.24. The van der Waals surface area contributed by atoms with Crippen LogP contribution in [0.1, 0.15) is 5.56 Å². The summed E-state index contributed by atoms with van der Waals surface area (Å²) in [5.41, 5.74) is 6.04. The van der Waals surface area contributed by atoms with E-state index in [9.17, 15) is 13.2 Å². The summed E-state index contributed by atoms with van der Waals surface area (Å²) >= 11 is 5.82. The summed E-state index contributed by atoms with van der Waals surface area (Å²) in [6.07, 6.45) is -4.37. The largest absolute Gasteiger partial charge is 0.466 e. The van der Waals surface area contributed by atoms with Crippen LogP contribution in [0.2, 0.25) is 5.02 Å². The molecular weight excluding hydrogens is 259 g/mol. The number of hydrogen-bond acceptors (Lipinski definition) is 3. The van der Waals surface area contributed by atoms with Crippen molar-refractivity contribution in [2.75, 3.05) is 13.4 Å². The zero-order valence-electron chi connectivity index (χ0n) is 8.76. The van der Waals surface area contributed by atoms with Crippen molar-refractivity contribution in [3.8, 4) is 5.75 Å². The van der Waals surface area contributed by atoms with Crippen LogP contribution in [0.15, 0.2) is 18.2 Å². The number of halogens is 4. The van der Waals surface area contributed by atoms with Crippen LogP contribution in [-0.2, 0) is 11.3 Å². The minimum atomic E-state index is -4.37. The highest BCUT2D eigenvalue weighted by atomic mass is 35.5. The van der Waals surface area contributed by atoms with Gasteiger partial charge in [-0.1, -0.05) is 23.7 Å². The van der Waals surface area contributed by atoms with Crippen molar-refractivity contribution in [2.24, 2.45) is 5.73 Å². The second kappa shape index (κ2) is 6.09. The monoisotopic (exact) mass is 269 g/mol. The van der Waals surface area contributed by atoms with Crippen LogP contribution in [0.5, 0.6) is 5.75 Å². The molecule has 0 spiro atoms. The Morgan fingerprint density at radius 1 is 1.29 bits per heavy atom. The van der Waals surface area contributed by atoms with Gasteiger partial charge in [-0.2, -0.15) is 13.2 Å². The molecule has 0 radical (unpaired) electrons. The van der Waals surface area contributed by atoms with Gasteiger partial charge in [0.1, 0.15) is 12.4 Å². The molecule has 0 aliphatic carbocycles. The van der Waals surface area contributed by atoms with Gasteiger partial charge in [-0.25, -0.2) is 0 Å². The van der Waals surface area contributed by atoms with Gasteiger partial charge in [-0.3, -0.25) is 0 Å². The third-order valence-electron chi connectivity index (χ3n) is 1.82. The molecule has 0 aliphatic rings.